The van der Waals surface area contributed by atoms with E-state index in [9.17, 15) is 9.90 Å². The zero-order valence-electron chi connectivity index (χ0n) is 11.9. The normalized spacial score (nSPS) is 14.8. The van der Waals surface area contributed by atoms with Gasteiger partial charge in [0.05, 0.1) is 24.6 Å². The van der Waals surface area contributed by atoms with Crippen LogP contribution in [0.3, 0.4) is 0 Å². The quantitative estimate of drug-likeness (QED) is 0.790. The number of ether oxygens (including phenoxy) is 1. The van der Waals surface area contributed by atoms with E-state index in [0.29, 0.717) is 12.3 Å². The summed E-state index contributed by atoms with van der Waals surface area (Å²) >= 11 is 0. The molecule has 1 amide bonds. The number of amides is 1. The molecule has 104 valence electrons. The number of aliphatic hydroxyl groups is 1. The molecule has 0 unspecified atom stereocenters. The number of carbonyl (C=O) groups is 1. The molecule has 0 rings (SSSR count). The molecule has 0 aliphatic carbocycles. The number of alkyl carbamates (subject to hydrolysis) is 1. The molecule has 0 heterocycles. The van der Waals surface area contributed by atoms with E-state index in [1.54, 1.807) is 20.8 Å². The van der Waals surface area contributed by atoms with Gasteiger partial charge in [-0.1, -0.05) is 13.8 Å². The third-order valence-corrected chi connectivity index (χ3v) is 2.19. The van der Waals surface area contributed by atoms with Gasteiger partial charge in [0.1, 0.15) is 5.60 Å². The fourth-order valence-corrected chi connectivity index (χ4v) is 1.51. The molecule has 0 radical (unpaired) electrons. The second-order valence-electron chi connectivity index (χ2n) is 5.81. The number of carbonyl (C=O) groups excluding carboxylic acids is 1. The standard InChI is InChI=1S/C13H24N2O3/c1-9(2)8-10(11(16)6-7-14)15-12(17)18-13(3,4)5/h9-11,16H,6,8H2,1-5H3,(H,15,17)/t10-,11-/m0/s1. The predicted octanol–water partition coefficient (Wildman–Crippen LogP) is 2.20. The molecule has 0 aromatic rings. The Hall–Kier alpha value is -1.28. The van der Waals surface area contributed by atoms with Gasteiger partial charge in [-0.25, -0.2) is 4.79 Å². The molecule has 5 nitrogen and oxygen atoms in total. The van der Waals surface area contributed by atoms with Gasteiger partial charge in [0.15, 0.2) is 0 Å². The van der Waals surface area contributed by atoms with Crippen LogP contribution >= 0.6 is 0 Å². The lowest BCUT2D eigenvalue weighted by Crippen LogP contribution is -2.46. The highest BCUT2D eigenvalue weighted by Crippen LogP contribution is 2.12. The first-order valence-electron chi connectivity index (χ1n) is 6.20. The van der Waals surface area contributed by atoms with Crippen LogP contribution in [0.25, 0.3) is 0 Å². The first-order valence-corrected chi connectivity index (χ1v) is 6.20. The van der Waals surface area contributed by atoms with E-state index < -0.39 is 23.8 Å². The minimum absolute atomic E-state index is 0.00676. The van der Waals surface area contributed by atoms with Crippen molar-refractivity contribution in [1.29, 1.82) is 5.26 Å². The summed E-state index contributed by atoms with van der Waals surface area (Å²) in [7, 11) is 0. The van der Waals surface area contributed by atoms with Gasteiger partial charge in [-0.2, -0.15) is 5.26 Å². The van der Waals surface area contributed by atoms with Crippen LogP contribution in [0.2, 0.25) is 0 Å². The van der Waals surface area contributed by atoms with Crippen molar-refractivity contribution < 1.29 is 14.6 Å². The van der Waals surface area contributed by atoms with E-state index in [1.807, 2.05) is 19.9 Å². The first kappa shape index (κ1) is 16.7. The Morgan fingerprint density at radius 3 is 2.39 bits per heavy atom. The number of hydrogen-bond acceptors (Lipinski definition) is 4. The zero-order valence-corrected chi connectivity index (χ0v) is 11.9. The van der Waals surface area contributed by atoms with Gasteiger partial charge >= 0.3 is 6.09 Å². The first-order chi connectivity index (χ1) is 8.15. The number of nitriles is 1. The topological polar surface area (TPSA) is 82.3 Å². The Morgan fingerprint density at radius 2 is 2.00 bits per heavy atom. The number of rotatable bonds is 5. The van der Waals surface area contributed by atoms with Crippen LogP contribution in [0.4, 0.5) is 4.79 Å². The molecular weight excluding hydrogens is 232 g/mol. The Kier molecular flexibility index (Phi) is 6.71. The van der Waals surface area contributed by atoms with Gasteiger partial charge < -0.3 is 15.2 Å². The van der Waals surface area contributed by atoms with E-state index in [4.69, 9.17) is 10.00 Å². The molecule has 0 aliphatic heterocycles. The van der Waals surface area contributed by atoms with Crippen LogP contribution in [-0.4, -0.2) is 28.9 Å². The Bertz CT molecular complexity index is 302. The van der Waals surface area contributed by atoms with Gasteiger partial charge in [-0.15, -0.1) is 0 Å². The molecule has 0 saturated heterocycles. The average Bonchev–Trinajstić information content (AvgIpc) is 2.13. The molecule has 0 saturated carbocycles. The van der Waals surface area contributed by atoms with Gasteiger partial charge in [-0.3, -0.25) is 0 Å². The summed E-state index contributed by atoms with van der Waals surface area (Å²) in [6.45, 7) is 9.30. The zero-order chi connectivity index (χ0) is 14.3. The molecule has 5 heteroatoms. The van der Waals surface area contributed by atoms with Gasteiger partial charge in [0, 0.05) is 0 Å². The molecule has 0 aliphatic rings. The van der Waals surface area contributed by atoms with E-state index in [0.717, 1.165) is 0 Å². The average molecular weight is 256 g/mol. The van der Waals surface area contributed by atoms with E-state index in [2.05, 4.69) is 5.32 Å². The maximum absolute atomic E-state index is 11.6. The van der Waals surface area contributed by atoms with Gasteiger partial charge in [0.2, 0.25) is 0 Å². The Labute approximate surface area is 109 Å². The fraction of sp³-hybridized carbons (Fsp3) is 0.846. The summed E-state index contributed by atoms with van der Waals surface area (Å²) in [6.07, 6.45) is -0.843. The highest BCUT2D eigenvalue weighted by Gasteiger charge is 2.25. The van der Waals surface area contributed by atoms with E-state index in [-0.39, 0.29) is 6.42 Å². The third kappa shape index (κ3) is 7.91. The van der Waals surface area contributed by atoms with E-state index >= 15 is 0 Å². The number of hydrogen-bond donors (Lipinski definition) is 2. The molecule has 0 spiro atoms. The molecule has 0 bridgehead atoms. The molecule has 0 aromatic heterocycles. The van der Waals surface area contributed by atoms with Crippen molar-refractivity contribution in [3.05, 3.63) is 0 Å². The molecule has 0 aromatic carbocycles. The maximum Gasteiger partial charge on any atom is 0.407 e. The SMILES string of the molecule is CC(C)C[C@H](NC(=O)OC(C)(C)C)[C@@H](O)CC#N. The van der Waals surface area contributed by atoms with Crippen LogP contribution in [-0.2, 0) is 4.74 Å². The molecule has 2 N–H and O–H groups in total. The lowest BCUT2D eigenvalue weighted by molar-refractivity contribution is 0.0408. The second kappa shape index (κ2) is 7.22. The number of nitrogens with zero attached hydrogens (tertiary/aromatic N) is 1. The highest BCUT2D eigenvalue weighted by molar-refractivity contribution is 5.68. The van der Waals surface area contributed by atoms with Crippen molar-refractivity contribution in [2.45, 2.75) is 65.2 Å². The van der Waals surface area contributed by atoms with Gasteiger partial charge in [0.25, 0.3) is 0 Å². The largest absolute Gasteiger partial charge is 0.444 e. The smallest absolute Gasteiger partial charge is 0.407 e. The van der Waals surface area contributed by atoms with Crippen LogP contribution in [0, 0.1) is 17.2 Å². The lowest BCUT2D eigenvalue weighted by atomic mass is 9.98. The number of nitrogens with one attached hydrogen (secondary N) is 1. The van der Waals surface area contributed by atoms with Crippen LogP contribution in [0.15, 0.2) is 0 Å². The lowest BCUT2D eigenvalue weighted by Gasteiger charge is -2.26. The molecule has 2 atom stereocenters. The number of aliphatic hydroxyl groups excluding tert-OH is 1. The van der Waals surface area contributed by atoms with Crippen molar-refractivity contribution in [3.63, 3.8) is 0 Å². The predicted molar refractivity (Wildman–Crippen MR) is 68.8 cm³/mol. The van der Waals surface area contributed by atoms with Crippen molar-refractivity contribution in [1.82, 2.24) is 5.32 Å². The summed E-state index contributed by atoms with van der Waals surface area (Å²) in [4.78, 5) is 11.6. The van der Waals surface area contributed by atoms with Crippen LogP contribution in [0.5, 0.6) is 0 Å². The summed E-state index contributed by atoms with van der Waals surface area (Å²) in [5.74, 6) is 0.304. The monoisotopic (exact) mass is 256 g/mol. The molecular formula is C13H24N2O3. The Balaban J connectivity index is 4.50. The van der Waals surface area contributed by atoms with Crippen LogP contribution < -0.4 is 5.32 Å². The highest BCUT2D eigenvalue weighted by atomic mass is 16.6. The van der Waals surface area contributed by atoms with Gasteiger partial charge in [-0.05, 0) is 33.1 Å². The van der Waals surface area contributed by atoms with Crippen molar-refractivity contribution in [2.75, 3.05) is 0 Å². The fourth-order valence-electron chi connectivity index (χ4n) is 1.51. The Morgan fingerprint density at radius 1 is 1.44 bits per heavy atom. The molecule has 18 heavy (non-hydrogen) atoms. The summed E-state index contributed by atoms with van der Waals surface area (Å²) in [6, 6.07) is 1.44. The summed E-state index contributed by atoms with van der Waals surface area (Å²) in [5, 5.41) is 21.0. The third-order valence-electron chi connectivity index (χ3n) is 2.19. The van der Waals surface area contributed by atoms with Crippen molar-refractivity contribution in [2.24, 2.45) is 5.92 Å². The van der Waals surface area contributed by atoms with E-state index in [1.165, 1.54) is 0 Å². The van der Waals surface area contributed by atoms with Crippen molar-refractivity contribution >= 4 is 6.09 Å². The summed E-state index contributed by atoms with van der Waals surface area (Å²) < 4.78 is 5.13. The maximum atomic E-state index is 11.6. The second-order valence-corrected chi connectivity index (χ2v) is 5.81. The van der Waals surface area contributed by atoms with Crippen LogP contribution in [0.1, 0.15) is 47.5 Å². The minimum Gasteiger partial charge on any atom is -0.444 e. The van der Waals surface area contributed by atoms with Crippen molar-refractivity contribution in [3.8, 4) is 6.07 Å². The molecule has 0 fully saturated rings. The summed E-state index contributed by atoms with van der Waals surface area (Å²) in [5.41, 5.74) is -0.577. The minimum atomic E-state index is -0.870.